The van der Waals surface area contributed by atoms with E-state index in [2.05, 4.69) is 9.05 Å². The molecule has 0 heterocycles. The zero-order valence-electron chi connectivity index (χ0n) is 9.20. The van der Waals surface area contributed by atoms with Crippen molar-refractivity contribution in [2.75, 3.05) is 20.4 Å². The summed E-state index contributed by atoms with van der Waals surface area (Å²) in [7, 11) is -2.72. The van der Waals surface area contributed by atoms with E-state index >= 15 is 0 Å². The third kappa shape index (κ3) is 5.54. The van der Waals surface area contributed by atoms with Gasteiger partial charge in [-0.05, 0) is 19.6 Å². The predicted octanol–water partition coefficient (Wildman–Crippen LogP) is 1.85. The molecule has 0 aromatic carbocycles. The number of carbonyl (C=O) groups is 1. The Balaban J connectivity index is 4.26. The highest BCUT2D eigenvalue weighted by Gasteiger charge is 2.29. The summed E-state index contributed by atoms with van der Waals surface area (Å²) in [5.74, 6) is -0.531. The van der Waals surface area contributed by atoms with Gasteiger partial charge >= 0.3 is 13.6 Å². The summed E-state index contributed by atoms with van der Waals surface area (Å²) in [6.07, 6.45) is -0.329. The smallest absolute Gasteiger partial charge is 0.341 e. The average Bonchev–Trinajstić information content (AvgIpc) is 2.00. The summed E-state index contributed by atoms with van der Waals surface area (Å²) < 4.78 is 25.9. The summed E-state index contributed by atoms with van der Waals surface area (Å²) in [4.78, 5) is 11.3. The second kappa shape index (κ2) is 5.07. The van der Waals surface area contributed by atoms with Crippen molar-refractivity contribution >= 4 is 21.9 Å². The van der Waals surface area contributed by atoms with Gasteiger partial charge in [0.1, 0.15) is 6.16 Å². The van der Waals surface area contributed by atoms with Crippen LogP contribution in [-0.4, -0.2) is 34.7 Å². The Morgan fingerprint density at radius 2 is 1.64 bits per heavy atom. The molecule has 5 nitrogen and oxygen atoms in total. The quantitative estimate of drug-likeness (QED) is 0.542. The minimum Gasteiger partial charge on any atom is -0.519 e. The Labute approximate surface area is 85.4 Å². The summed E-state index contributed by atoms with van der Waals surface area (Å²) in [6, 6.07) is 0. The Bertz CT molecular complexity index is 239. The molecule has 0 aliphatic carbocycles. The highest BCUT2D eigenvalue weighted by atomic mass is 31.2. The van der Waals surface area contributed by atoms with Crippen LogP contribution in [0.5, 0.6) is 0 Å². The standard InChI is InChI=1S/C7H17O5PSi/c1-10-13(9,11-2)6-7(8)12-14(3,4)5/h6H2,1-5H3. The van der Waals surface area contributed by atoms with Crippen LogP contribution >= 0.6 is 7.60 Å². The fourth-order valence-electron chi connectivity index (χ4n) is 0.736. The first-order chi connectivity index (χ1) is 6.22. The van der Waals surface area contributed by atoms with E-state index in [1.807, 2.05) is 19.6 Å². The van der Waals surface area contributed by atoms with E-state index in [0.717, 1.165) is 0 Å². The maximum Gasteiger partial charge on any atom is 0.341 e. The highest BCUT2D eigenvalue weighted by molar-refractivity contribution is 7.54. The fraction of sp³-hybridized carbons (Fsp3) is 0.857. The monoisotopic (exact) mass is 240 g/mol. The molecule has 0 saturated heterocycles. The van der Waals surface area contributed by atoms with Crippen LogP contribution in [0.2, 0.25) is 19.6 Å². The van der Waals surface area contributed by atoms with Gasteiger partial charge in [-0.25, -0.2) is 0 Å². The van der Waals surface area contributed by atoms with Crippen molar-refractivity contribution in [1.82, 2.24) is 0 Å². The topological polar surface area (TPSA) is 61.8 Å². The molecule has 0 fully saturated rings. The van der Waals surface area contributed by atoms with E-state index in [9.17, 15) is 9.36 Å². The van der Waals surface area contributed by atoms with Crippen LogP contribution in [0.25, 0.3) is 0 Å². The zero-order valence-corrected chi connectivity index (χ0v) is 11.1. The van der Waals surface area contributed by atoms with Gasteiger partial charge in [0.15, 0.2) is 0 Å². The van der Waals surface area contributed by atoms with E-state index in [-0.39, 0.29) is 6.16 Å². The largest absolute Gasteiger partial charge is 0.519 e. The summed E-state index contributed by atoms with van der Waals surface area (Å²) >= 11 is 0. The molecule has 0 saturated carbocycles. The van der Waals surface area contributed by atoms with E-state index in [0.29, 0.717) is 0 Å². The van der Waals surface area contributed by atoms with Gasteiger partial charge in [-0.1, -0.05) is 0 Å². The van der Waals surface area contributed by atoms with Gasteiger partial charge in [0.2, 0.25) is 8.32 Å². The Kier molecular flexibility index (Phi) is 5.01. The predicted molar refractivity (Wildman–Crippen MR) is 55.9 cm³/mol. The average molecular weight is 240 g/mol. The minimum absolute atomic E-state index is 0.329. The molecule has 0 amide bonds. The Morgan fingerprint density at radius 1 is 1.21 bits per heavy atom. The normalized spacial score (nSPS) is 12.6. The molecule has 84 valence electrons. The lowest BCUT2D eigenvalue weighted by atomic mass is 10.8. The molecule has 0 unspecified atom stereocenters. The van der Waals surface area contributed by atoms with Crippen molar-refractivity contribution in [2.45, 2.75) is 19.6 Å². The first-order valence-corrected chi connectivity index (χ1v) is 9.28. The third-order valence-electron chi connectivity index (χ3n) is 1.30. The van der Waals surface area contributed by atoms with Gasteiger partial charge in [-0.3, -0.25) is 9.36 Å². The molecular weight excluding hydrogens is 223 g/mol. The lowest BCUT2D eigenvalue weighted by molar-refractivity contribution is -0.132. The Morgan fingerprint density at radius 3 is 1.93 bits per heavy atom. The number of hydrogen-bond acceptors (Lipinski definition) is 5. The summed E-state index contributed by atoms with van der Waals surface area (Å²) in [5, 5.41) is 0. The minimum atomic E-state index is -3.28. The van der Waals surface area contributed by atoms with Gasteiger partial charge < -0.3 is 13.5 Å². The van der Waals surface area contributed by atoms with Crippen molar-refractivity contribution in [1.29, 1.82) is 0 Å². The van der Waals surface area contributed by atoms with Crippen LogP contribution in [0.15, 0.2) is 0 Å². The fourth-order valence-corrected chi connectivity index (χ4v) is 2.40. The lowest BCUT2D eigenvalue weighted by Crippen LogP contribution is -2.30. The lowest BCUT2D eigenvalue weighted by Gasteiger charge is -2.19. The number of hydrogen-bond donors (Lipinski definition) is 0. The number of carbonyl (C=O) groups excluding carboxylic acids is 1. The molecule has 0 radical (unpaired) electrons. The van der Waals surface area contributed by atoms with Crippen molar-refractivity contribution < 1.29 is 22.8 Å². The molecule has 0 aromatic rings. The molecule has 0 rings (SSSR count). The van der Waals surface area contributed by atoms with Crippen LogP contribution in [-0.2, 0) is 22.8 Å². The maximum atomic E-state index is 11.5. The maximum absolute atomic E-state index is 11.5. The first-order valence-electron chi connectivity index (χ1n) is 4.15. The van der Waals surface area contributed by atoms with Gasteiger partial charge in [-0.2, -0.15) is 0 Å². The van der Waals surface area contributed by atoms with Crippen LogP contribution in [0.3, 0.4) is 0 Å². The Hall–Kier alpha value is -0.163. The molecule has 7 heteroatoms. The summed E-state index contributed by atoms with van der Waals surface area (Å²) in [5.41, 5.74) is 0. The van der Waals surface area contributed by atoms with Crippen LogP contribution in [0, 0.1) is 0 Å². The number of rotatable bonds is 5. The molecule has 0 aliphatic heterocycles. The van der Waals surface area contributed by atoms with Gasteiger partial charge in [0.25, 0.3) is 0 Å². The molecule has 0 N–H and O–H groups in total. The summed E-state index contributed by atoms with van der Waals surface area (Å²) in [6.45, 7) is 5.61. The second-order valence-corrected chi connectivity index (χ2v) is 10.4. The molecular formula is C7H17O5PSi. The third-order valence-corrected chi connectivity index (χ3v) is 3.90. The second-order valence-electron chi connectivity index (χ2n) is 3.72. The van der Waals surface area contributed by atoms with E-state index < -0.39 is 21.9 Å². The van der Waals surface area contributed by atoms with E-state index in [4.69, 9.17) is 4.43 Å². The highest BCUT2D eigenvalue weighted by Crippen LogP contribution is 2.46. The van der Waals surface area contributed by atoms with Crippen molar-refractivity contribution in [3.05, 3.63) is 0 Å². The molecule has 0 spiro atoms. The zero-order chi connectivity index (χ0) is 11.4. The van der Waals surface area contributed by atoms with Crippen LogP contribution in [0.1, 0.15) is 0 Å². The molecule has 0 aliphatic rings. The van der Waals surface area contributed by atoms with E-state index in [1.54, 1.807) is 0 Å². The molecule has 0 aromatic heterocycles. The van der Waals surface area contributed by atoms with Gasteiger partial charge in [0, 0.05) is 14.2 Å². The van der Waals surface area contributed by atoms with Gasteiger partial charge in [-0.15, -0.1) is 0 Å². The molecule has 14 heavy (non-hydrogen) atoms. The van der Waals surface area contributed by atoms with Crippen molar-refractivity contribution in [3.8, 4) is 0 Å². The van der Waals surface area contributed by atoms with Crippen molar-refractivity contribution in [3.63, 3.8) is 0 Å². The van der Waals surface area contributed by atoms with E-state index in [1.165, 1.54) is 14.2 Å². The van der Waals surface area contributed by atoms with Crippen LogP contribution in [0.4, 0.5) is 0 Å². The van der Waals surface area contributed by atoms with Gasteiger partial charge in [0.05, 0.1) is 0 Å². The van der Waals surface area contributed by atoms with Crippen LogP contribution < -0.4 is 0 Å². The molecule has 0 bridgehead atoms. The SMILES string of the molecule is COP(=O)(CC(=O)O[Si](C)(C)C)OC. The first kappa shape index (κ1) is 13.8. The van der Waals surface area contributed by atoms with Crippen molar-refractivity contribution in [2.24, 2.45) is 0 Å². The molecule has 0 atom stereocenters.